The molecule has 0 aliphatic carbocycles. The van der Waals surface area contributed by atoms with Crippen molar-refractivity contribution in [2.75, 3.05) is 33.0 Å². The van der Waals surface area contributed by atoms with Gasteiger partial charge in [-0.05, 0) is 0 Å². The first-order valence-electron chi connectivity index (χ1n) is 17.1. The molecule has 0 spiro atoms. The van der Waals surface area contributed by atoms with Crippen LogP contribution in [-0.2, 0) is 0 Å². The van der Waals surface area contributed by atoms with Crippen LogP contribution in [0.1, 0.15) is 34.6 Å². The molecule has 51 heavy (non-hydrogen) atoms. The molecular formula is C40H45AsO10. The van der Waals surface area contributed by atoms with Crippen LogP contribution in [0, 0.1) is 0 Å². The second-order valence-electron chi connectivity index (χ2n) is 10.6. The van der Waals surface area contributed by atoms with Crippen LogP contribution in [0.2, 0.25) is 0 Å². The zero-order chi connectivity index (χ0) is 36.0. The Balaban J connectivity index is 1.92. The van der Waals surface area contributed by atoms with Crippen LogP contribution >= 0.6 is 0 Å². The Hall–Kier alpha value is -5.34. The van der Waals surface area contributed by atoms with Gasteiger partial charge in [0.2, 0.25) is 0 Å². The molecule has 0 amide bonds. The van der Waals surface area contributed by atoms with E-state index in [0.717, 1.165) is 0 Å². The average Bonchev–Trinajstić information content (AvgIpc) is 3.13. The summed E-state index contributed by atoms with van der Waals surface area (Å²) in [5.74, 6) is 3.17. The van der Waals surface area contributed by atoms with Crippen molar-refractivity contribution >= 4 is 14.2 Å². The molecule has 0 unspecified atom stereocenters. The molecule has 0 saturated heterocycles. The van der Waals surface area contributed by atoms with Crippen LogP contribution in [0.25, 0.3) is 0 Å². The second kappa shape index (κ2) is 17.5. The Morgan fingerprint density at radius 1 is 0.275 bits per heavy atom. The van der Waals surface area contributed by atoms with Crippen LogP contribution in [0.15, 0.2) is 121 Å². The van der Waals surface area contributed by atoms with Crippen molar-refractivity contribution in [3.05, 3.63) is 121 Å². The fraction of sp³-hybridized carbons (Fsp3) is 0.250. The topological polar surface area (TPSA) is 92.3 Å². The van der Waals surface area contributed by atoms with Crippen molar-refractivity contribution in [1.29, 1.82) is 0 Å². The Bertz CT molecular complexity index is 1530. The molecule has 0 bridgehead atoms. The van der Waals surface area contributed by atoms with Crippen molar-refractivity contribution in [2.45, 2.75) is 34.6 Å². The third-order valence-electron chi connectivity index (χ3n) is 6.98. The van der Waals surface area contributed by atoms with Crippen molar-refractivity contribution in [3.8, 4) is 57.5 Å². The third-order valence-corrected chi connectivity index (χ3v) is 12.2. The summed E-state index contributed by atoms with van der Waals surface area (Å²) < 4.78 is 66.1. The molecule has 0 aromatic heterocycles. The van der Waals surface area contributed by atoms with Gasteiger partial charge < -0.3 is 0 Å². The Labute approximate surface area is 302 Å². The van der Waals surface area contributed by atoms with Gasteiger partial charge in [-0.3, -0.25) is 0 Å². The van der Waals surface area contributed by atoms with E-state index in [2.05, 4.69) is 0 Å². The second-order valence-corrected chi connectivity index (χ2v) is 15.6. The van der Waals surface area contributed by atoms with Crippen LogP contribution in [0.3, 0.4) is 0 Å². The first-order valence-corrected chi connectivity index (χ1v) is 20.9. The van der Waals surface area contributed by atoms with Crippen LogP contribution in [-0.4, -0.2) is 47.2 Å². The summed E-state index contributed by atoms with van der Waals surface area (Å²) in [7, 11) is 0. The monoisotopic (exact) mass is 760 g/mol. The molecule has 0 aliphatic rings. The van der Waals surface area contributed by atoms with Crippen molar-refractivity contribution in [1.82, 2.24) is 0 Å². The van der Waals surface area contributed by atoms with Gasteiger partial charge in [-0.25, -0.2) is 0 Å². The van der Waals surface area contributed by atoms with Gasteiger partial charge in [-0.1, -0.05) is 0 Å². The van der Waals surface area contributed by atoms with Crippen molar-refractivity contribution in [2.24, 2.45) is 0 Å². The molecule has 11 heteroatoms. The maximum absolute atomic E-state index is 7.16. The minimum absolute atomic E-state index is 0.232. The zero-order valence-corrected chi connectivity index (χ0v) is 31.5. The maximum atomic E-state index is 7.16. The quantitative estimate of drug-likeness (QED) is 0.0715. The van der Waals surface area contributed by atoms with Gasteiger partial charge in [0, 0.05) is 0 Å². The van der Waals surface area contributed by atoms with Crippen LogP contribution in [0.4, 0.5) is 0 Å². The number of para-hydroxylation sites is 10. The Kier molecular flexibility index (Phi) is 12.7. The van der Waals surface area contributed by atoms with E-state index < -0.39 is 14.2 Å². The Morgan fingerprint density at radius 3 is 0.588 bits per heavy atom. The van der Waals surface area contributed by atoms with Gasteiger partial charge >= 0.3 is 303 Å². The molecule has 0 fully saturated rings. The van der Waals surface area contributed by atoms with Gasteiger partial charge in [0.1, 0.15) is 0 Å². The van der Waals surface area contributed by atoms with E-state index >= 15 is 0 Å². The average molecular weight is 761 g/mol. The molecule has 5 rings (SSSR count). The molecule has 0 saturated carbocycles. The number of hydrogen-bond donors (Lipinski definition) is 0. The molecule has 5 aromatic carbocycles. The first kappa shape index (κ1) is 36.9. The third kappa shape index (κ3) is 9.07. The van der Waals surface area contributed by atoms with Gasteiger partial charge in [-0.2, -0.15) is 0 Å². The van der Waals surface area contributed by atoms with Gasteiger partial charge in [0.05, 0.1) is 0 Å². The normalized spacial score (nSPS) is 11.7. The molecule has 270 valence electrons. The molecular weight excluding hydrogens is 715 g/mol. The predicted molar refractivity (Wildman–Crippen MR) is 197 cm³/mol. The predicted octanol–water partition coefficient (Wildman–Crippen LogP) is 9.26. The summed E-state index contributed by atoms with van der Waals surface area (Å²) in [5, 5.41) is 0. The summed E-state index contributed by atoms with van der Waals surface area (Å²) in [4.78, 5) is 0. The van der Waals surface area contributed by atoms with Crippen LogP contribution in [0.5, 0.6) is 57.5 Å². The van der Waals surface area contributed by atoms with Gasteiger partial charge in [0.25, 0.3) is 0 Å². The zero-order valence-electron chi connectivity index (χ0n) is 29.6. The van der Waals surface area contributed by atoms with Crippen LogP contribution < -0.4 is 42.3 Å². The number of rotatable bonds is 20. The molecule has 0 heterocycles. The van der Waals surface area contributed by atoms with E-state index in [1.165, 1.54) is 0 Å². The van der Waals surface area contributed by atoms with E-state index in [-0.39, 0.29) is 28.7 Å². The van der Waals surface area contributed by atoms with E-state index in [9.17, 15) is 0 Å². The number of ether oxygens (including phenoxy) is 5. The van der Waals surface area contributed by atoms with E-state index in [4.69, 9.17) is 42.3 Å². The van der Waals surface area contributed by atoms with Crippen molar-refractivity contribution < 1.29 is 42.3 Å². The summed E-state index contributed by atoms with van der Waals surface area (Å²) in [6.45, 7) is 11.2. The summed E-state index contributed by atoms with van der Waals surface area (Å²) in [6, 6.07) is 35.8. The summed E-state index contributed by atoms with van der Waals surface area (Å²) >= 11 is -6.65. The molecule has 0 aliphatic heterocycles. The van der Waals surface area contributed by atoms with E-state index in [1.807, 2.05) is 95.3 Å². The fourth-order valence-electron chi connectivity index (χ4n) is 4.99. The van der Waals surface area contributed by atoms with E-state index in [0.29, 0.717) is 61.8 Å². The standard InChI is InChI=1S/C40H45AsO10/c1-6-42-31-21-11-16-26-36(31)47-41(48-37-27-17-12-22-32(37)43-7-2,49-38-28-18-13-23-33(38)44-8-3,50-39-29-19-14-24-34(39)45-9-4)51-40-30-20-15-25-35(40)46-10-5/h11-30H,6-10H2,1-5H3. The van der Waals surface area contributed by atoms with Gasteiger partial charge in [-0.15, -0.1) is 0 Å². The molecule has 5 aromatic rings. The minimum atomic E-state index is -6.65. The van der Waals surface area contributed by atoms with E-state index in [1.54, 1.807) is 60.7 Å². The number of benzene rings is 5. The molecule has 0 radical (unpaired) electrons. The summed E-state index contributed by atoms with van der Waals surface area (Å²) in [6.07, 6.45) is 0. The van der Waals surface area contributed by atoms with Crippen molar-refractivity contribution in [3.63, 3.8) is 0 Å². The molecule has 10 nitrogen and oxygen atoms in total. The SMILES string of the molecule is CCOc1ccccc1O[As](Oc1ccccc1OCC)(Oc1ccccc1OCC)(Oc1ccccc1OCC)Oc1ccccc1OCC. The molecule has 0 N–H and O–H groups in total. The number of hydrogen-bond acceptors (Lipinski definition) is 10. The Morgan fingerprint density at radius 2 is 0.431 bits per heavy atom. The van der Waals surface area contributed by atoms with Gasteiger partial charge in [0.15, 0.2) is 0 Å². The summed E-state index contributed by atoms with van der Waals surface area (Å²) in [5.41, 5.74) is 0. The molecule has 0 atom stereocenters. The first-order chi connectivity index (χ1) is 24.9. The fourth-order valence-corrected chi connectivity index (χ4v) is 10.7.